The summed E-state index contributed by atoms with van der Waals surface area (Å²) in [7, 11) is 0.353. The SMILES string of the molecule is CC(C)(C)[Si]OC(c1ccccc1)(c1ccccc1)[C@H]1CCC(N)=N1. The second-order valence-electron chi connectivity index (χ2n) is 7.60. The highest BCUT2D eigenvalue weighted by atomic mass is 28.2. The second-order valence-corrected chi connectivity index (χ2v) is 9.50. The van der Waals surface area contributed by atoms with E-state index in [2.05, 4.69) is 69.3 Å². The number of nitrogens with two attached hydrogens (primary N) is 1. The fraction of sp³-hybridized carbons (Fsp3) is 0.381. The Kier molecular flexibility index (Phi) is 5.11. The number of benzene rings is 2. The molecule has 4 heteroatoms. The van der Waals surface area contributed by atoms with Crippen LogP contribution in [0.5, 0.6) is 0 Å². The Morgan fingerprint density at radius 1 is 0.960 bits per heavy atom. The predicted molar refractivity (Wildman–Crippen MR) is 105 cm³/mol. The number of hydrogen-bond acceptors (Lipinski definition) is 3. The van der Waals surface area contributed by atoms with Crippen molar-refractivity contribution < 1.29 is 4.43 Å². The van der Waals surface area contributed by atoms with Crippen molar-refractivity contribution in [1.82, 2.24) is 0 Å². The van der Waals surface area contributed by atoms with E-state index in [9.17, 15) is 0 Å². The quantitative estimate of drug-likeness (QED) is 0.817. The van der Waals surface area contributed by atoms with Gasteiger partial charge in [-0.2, -0.15) is 0 Å². The lowest BCUT2D eigenvalue weighted by Gasteiger charge is -2.40. The van der Waals surface area contributed by atoms with E-state index in [1.807, 2.05) is 12.1 Å². The lowest BCUT2D eigenvalue weighted by molar-refractivity contribution is 0.0816. The van der Waals surface area contributed by atoms with E-state index in [0.29, 0.717) is 9.76 Å². The molecule has 0 spiro atoms. The van der Waals surface area contributed by atoms with Crippen LogP contribution in [0.15, 0.2) is 65.7 Å². The van der Waals surface area contributed by atoms with Crippen LogP contribution < -0.4 is 5.73 Å². The molecule has 2 aromatic carbocycles. The normalized spacial score (nSPS) is 18.2. The Balaban J connectivity index is 2.16. The Labute approximate surface area is 153 Å². The Bertz CT molecular complexity index is 683. The van der Waals surface area contributed by atoms with E-state index in [-0.39, 0.29) is 11.1 Å². The van der Waals surface area contributed by atoms with Gasteiger partial charge in [0.15, 0.2) is 0 Å². The molecule has 2 radical (unpaired) electrons. The molecule has 3 nitrogen and oxygen atoms in total. The third-order valence-corrected chi connectivity index (χ3v) is 5.42. The molecule has 130 valence electrons. The summed E-state index contributed by atoms with van der Waals surface area (Å²) in [6.45, 7) is 6.62. The minimum Gasteiger partial charge on any atom is -0.401 e. The molecule has 1 aliphatic rings. The zero-order valence-corrected chi connectivity index (χ0v) is 16.2. The largest absolute Gasteiger partial charge is 0.401 e. The van der Waals surface area contributed by atoms with Crippen molar-refractivity contribution in [1.29, 1.82) is 0 Å². The van der Waals surface area contributed by atoms with E-state index in [1.54, 1.807) is 0 Å². The summed E-state index contributed by atoms with van der Waals surface area (Å²) in [4.78, 5) is 4.79. The van der Waals surface area contributed by atoms with E-state index < -0.39 is 5.60 Å². The van der Waals surface area contributed by atoms with Crippen LogP contribution in [0.3, 0.4) is 0 Å². The van der Waals surface area contributed by atoms with E-state index in [1.165, 1.54) is 0 Å². The van der Waals surface area contributed by atoms with Crippen LogP contribution in [-0.2, 0) is 10.0 Å². The number of nitrogens with zero attached hydrogens (tertiary/aromatic N) is 1. The minimum absolute atomic E-state index is 0.00727. The van der Waals surface area contributed by atoms with Crippen molar-refractivity contribution in [2.75, 3.05) is 0 Å². The monoisotopic (exact) mass is 350 g/mol. The highest BCUT2D eigenvalue weighted by Gasteiger charge is 2.45. The molecule has 0 amide bonds. The van der Waals surface area contributed by atoms with Crippen LogP contribution in [0.4, 0.5) is 0 Å². The second kappa shape index (κ2) is 7.14. The highest BCUT2D eigenvalue weighted by Crippen LogP contribution is 2.43. The predicted octanol–water partition coefficient (Wildman–Crippen LogP) is 4.30. The number of aliphatic imine (C=N–C) groups is 1. The molecule has 0 aliphatic carbocycles. The van der Waals surface area contributed by atoms with Crippen LogP contribution >= 0.6 is 0 Å². The highest BCUT2D eigenvalue weighted by molar-refractivity contribution is 6.32. The average Bonchev–Trinajstić information content (AvgIpc) is 3.03. The van der Waals surface area contributed by atoms with Crippen molar-refractivity contribution >= 4 is 15.6 Å². The maximum Gasteiger partial charge on any atom is 0.237 e. The zero-order valence-electron chi connectivity index (χ0n) is 15.2. The van der Waals surface area contributed by atoms with Gasteiger partial charge in [-0.25, -0.2) is 0 Å². The molecule has 2 aromatic rings. The molecule has 2 N–H and O–H groups in total. The maximum absolute atomic E-state index is 6.76. The van der Waals surface area contributed by atoms with E-state index >= 15 is 0 Å². The molecule has 0 saturated heterocycles. The van der Waals surface area contributed by atoms with Crippen molar-refractivity contribution in [3.8, 4) is 0 Å². The van der Waals surface area contributed by atoms with Crippen LogP contribution in [0.1, 0.15) is 44.7 Å². The molecule has 0 saturated carbocycles. The first-order valence-corrected chi connectivity index (χ1v) is 9.71. The van der Waals surface area contributed by atoms with Crippen LogP contribution in [-0.4, -0.2) is 21.6 Å². The van der Waals surface area contributed by atoms with Crippen molar-refractivity contribution in [3.63, 3.8) is 0 Å². The molecule has 0 aromatic heterocycles. The molecule has 0 fully saturated rings. The summed E-state index contributed by atoms with van der Waals surface area (Å²) >= 11 is 0. The standard InChI is InChI=1S/C21H26N2OSi/c1-20(2,3)25-24-21(16-10-6-4-7-11-16,17-12-8-5-9-13-17)18-14-15-19(22)23-18/h4-13,18H,14-15H2,1-3H3,(H2,22,23)/t18-/m1/s1. The molecule has 3 rings (SSSR count). The van der Waals surface area contributed by atoms with Crippen LogP contribution in [0, 0.1) is 0 Å². The fourth-order valence-electron chi connectivity index (χ4n) is 3.25. The molecule has 0 bridgehead atoms. The molecular formula is C21H26N2OSi. The number of amidine groups is 1. The first-order chi connectivity index (χ1) is 11.9. The number of hydrogen-bond donors (Lipinski definition) is 1. The van der Waals surface area contributed by atoms with Gasteiger partial charge in [-0.15, -0.1) is 0 Å². The summed E-state index contributed by atoms with van der Waals surface area (Å²) in [6, 6.07) is 20.9. The molecule has 1 heterocycles. The summed E-state index contributed by atoms with van der Waals surface area (Å²) in [5, 5.41) is 0.0860. The Morgan fingerprint density at radius 2 is 1.48 bits per heavy atom. The summed E-state index contributed by atoms with van der Waals surface area (Å²) < 4.78 is 6.76. The van der Waals surface area contributed by atoms with Gasteiger partial charge < -0.3 is 10.2 Å². The van der Waals surface area contributed by atoms with Gasteiger partial charge in [-0.3, -0.25) is 4.99 Å². The first-order valence-electron chi connectivity index (χ1n) is 8.80. The van der Waals surface area contributed by atoms with Gasteiger partial charge in [0.1, 0.15) is 5.60 Å². The molecule has 1 aliphatic heterocycles. The summed E-state index contributed by atoms with van der Waals surface area (Å²) in [6.07, 6.45) is 1.73. The third-order valence-electron chi connectivity index (χ3n) is 4.39. The van der Waals surface area contributed by atoms with Gasteiger partial charge in [-0.05, 0) is 22.6 Å². The smallest absolute Gasteiger partial charge is 0.237 e. The number of rotatable bonds is 5. The molecular weight excluding hydrogens is 324 g/mol. The van der Waals surface area contributed by atoms with Gasteiger partial charge in [-0.1, -0.05) is 81.4 Å². The van der Waals surface area contributed by atoms with Crippen LogP contribution in [0.2, 0.25) is 5.04 Å². The maximum atomic E-state index is 6.76. The summed E-state index contributed by atoms with van der Waals surface area (Å²) in [5.74, 6) is 0.726. The fourth-order valence-corrected chi connectivity index (χ4v) is 4.09. The third kappa shape index (κ3) is 3.85. The lowest BCUT2D eigenvalue weighted by Crippen LogP contribution is -2.43. The van der Waals surface area contributed by atoms with E-state index in [4.69, 9.17) is 15.2 Å². The summed E-state index contributed by atoms with van der Waals surface area (Å²) in [5.41, 5.74) is 7.74. The molecule has 1 atom stereocenters. The zero-order chi connectivity index (χ0) is 17.9. The van der Waals surface area contributed by atoms with Crippen molar-refractivity contribution in [2.45, 2.75) is 50.3 Å². The van der Waals surface area contributed by atoms with Gasteiger partial charge in [0, 0.05) is 6.42 Å². The Hall–Kier alpha value is -1.91. The van der Waals surface area contributed by atoms with Crippen LogP contribution in [0.25, 0.3) is 0 Å². The van der Waals surface area contributed by atoms with E-state index in [0.717, 1.165) is 29.8 Å². The van der Waals surface area contributed by atoms with Gasteiger partial charge >= 0.3 is 0 Å². The minimum atomic E-state index is -0.602. The van der Waals surface area contributed by atoms with Gasteiger partial charge in [0.2, 0.25) is 9.76 Å². The van der Waals surface area contributed by atoms with Crippen molar-refractivity contribution in [2.24, 2.45) is 10.7 Å². The lowest BCUT2D eigenvalue weighted by atomic mass is 9.79. The Morgan fingerprint density at radius 3 is 1.88 bits per heavy atom. The van der Waals surface area contributed by atoms with Gasteiger partial charge in [0.05, 0.1) is 11.9 Å². The molecule has 0 unspecified atom stereocenters. The molecule has 25 heavy (non-hydrogen) atoms. The van der Waals surface area contributed by atoms with Crippen molar-refractivity contribution in [3.05, 3.63) is 71.8 Å². The average molecular weight is 351 g/mol. The topological polar surface area (TPSA) is 47.6 Å². The van der Waals surface area contributed by atoms with Gasteiger partial charge in [0.25, 0.3) is 0 Å². The first kappa shape index (κ1) is 17.9.